The molecule has 0 aliphatic heterocycles. The van der Waals surface area contributed by atoms with E-state index in [4.69, 9.17) is 0 Å². The van der Waals surface area contributed by atoms with Gasteiger partial charge in [0.05, 0.1) is 6.42 Å². The lowest BCUT2D eigenvalue weighted by Crippen LogP contribution is -2.25. The second kappa shape index (κ2) is 7.91. The van der Waals surface area contributed by atoms with E-state index in [1.165, 1.54) is 0 Å². The molecule has 0 aromatic heterocycles. The average Bonchev–Trinajstić information content (AvgIpc) is 2.57. The smallest absolute Gasteiger partial charge is 0.228 e. The van der Waals surface area contributed by atoms with Crippen molar-refractivity contribution in [3.05, 3.63) is 65.7 Å². The molecule has 24 heavy (non-hydrogen) atoms. The largest absolute Gasteiger partial charge is 0.326 e. The number of anilines is 1. The molecule has 2 rings (SSSR count). The molecule has 126 valence electrons. The zero-order valence-electron chi connectivity index (χ0n) is 14.6. The summed E-state index contributed by atoms with van der Waals surface area (Å²) in [7, 11) is 0. The number of nitrogens with one attached hydrogen (secondary N) is 1. The Morgan fingerprint density at radius 1 is 0.875 bits per heavy atom. The van der Waals surface area contributed by atoms with E-state index >= 15 is 0 Å². The van der Waals surface area contributed by atoms with Crippen molar-refractivity contribution in [3.8, 4) is 0 Å². The second-order valence-electron chi connectivity index (χ2n) is 6.74. The molecule has 3 heteroatoms. The molecule has 0 aliphatic rings. The summed E-state index contributed by atoms with van der Waals surface area (Å²) in [5.74, 6) is 0.197. The molecule has 0 bridgehead atoms. The maximum Gasteiger partial charge on any atom is 0.228 e. The summed E-state index contributed by atoms with van der Waals surface area (Å²) >= 11 is 0. The molecule has 0 spiro atoms. The Hall–Kier alpha value is -2.42. The fraction of sp³-hybridized carbons (Fsp3) is 0.333. The van der Waals surface area contributed by atoms with Crippen molar-refractivity contribution in [1.82, 2.24) is 0 Å². The first-order valence-electron chi connectivity index (χ1n) is 8.37. The number of benzene rings is 2. The minimum Gasteiger partial charge on any atom is -0.326 e. The predicted molar refractivity (Wildman–Crippen MR) is 98.0 cm³/mol. The highest BCUT2D eigenvalue weighted by Gasteiger charge is 2.24. The van der Waals surface area contributed by atoms with Crippen LogP contribution in [0.1, 0.15) is 38.3 Å². The van der Waals surface area contributed by atoms with Gasteiger partial charge in [-0.05, 0) is 29.7 Å². The van der Waals surface area contributed by atoms with Crippen molar-refractivity contribution >= 4 is 17.4 Å². The molecule has 0 heterocycles. The number of carbonyl (C=O) groups is 2. The van der Waals surface area contributed by atoms with E-state index in [1.807, 2.05) is 75.4 Å². The summed E-state index contributed by atoms with van der Waals surface area (Å²) in [6, 6.07) is 17.2. The van der Waals surface area contributed by atoms with Crippen LogP contribution in [0.2, 0.25) is 0 Å². The van der Waals surface area contributed by atoms with E-state index < -0.39 is 0 Å². The molecule has 1 N–H and O–H groups in total. The van der Waals surface area contributed by atoms with Crippen LogP contribution >= 0.6 is 0 Å². The molecule has 0 unspecified atom stereocenters. The van der Waals surface area contributed by atoms with Crippen molar-refractivity contribution in [2.24, 2.45) is 5.41 Å². The minimum absolute atomic E-state index is 0.0443. The number of rotatable bonds is 7. The van der Waals surface area contributed by atoms with Crippen LogP contribution in [0.5, 0.6) is 0 Å². The van der Waals surface area contributed by atoms with Gasteiger partial charge in [-0.3, -0.25) is 9.59 Å². The van der Waals surface area contributed by atoms with Crippen LogP contribution in [0, 0.1) is 5.41 Å². The summed E-state index contributed by atoms with van der Waals surface area (Å²) in [4.78, 5) is 24.3. The Labute approximate surface area is 144 Å². The Bertz CT molecular complexity index is 688. The van der Waals surface area contributed by atoms with Gasteiger partial charge < -0.3 is 5.32 Å². The normalized spacial score (nSPS) is 11.1. The van der Waals surface area contributed by atoms with Gasteiger partial charge in [-0.1, -0.05) is 63.2 Å². The molecular weight excluding hydrogens is 298 g/mol. The van der Waals surface area contributed by atoms with Gasteiger partial charge in [0.15, 0.2) is 0 Å². The standard InChI is InChI=1S/C21H25NO2/c1-4-21(2,3)19(23)14-17-10-12-18(13-11-17)22-20(24)15-16-8-6-5-7-9-16/h5-13H,4,14-15H2,1-3H3,(H,22,24). The number of hydrogen-bond acceptors (Lipinski definition) is 2. The second-order valence-corrected chi connectivity index (χ2v) is 6.74. The summed E-state index contributed by atoms with van der Waals surface area (Å²) in [5, 5.41) is 2.89. The lowest BCUT2D eigenvalue weighted by molar-refractivity contribution is -0.126. The molecule has 0 fully saturated rings. The minimum atomic E-state index is -0.289. The summed E-state index contributed by atoms with van der Waals surface area (Å²) in [5.41, 5.74) is 2.42. The number of Topliss-reactive ketones (excluding diaryl/α,β-unsaturated/α-hetero) is 1. The third-order valence-electron chi connectivity index (χ3n) is 4.45. The van der Waals surface area contributed by atoms with E-state index in [9.17, 15) is 9.59 Å². The molecule has 0 radical (unpaired) electrons. The van der Waals surface area contributed by atoms with Gasteiger partial charge in [0.2, 0.25) is 5.91 Å². The molecule has 1 amide bonds. The third-order valence-corrected chi connectivity index (χ3v) is 4.45. The van der Waals surface area contributed by atoms with Gasteiger partial charge in [-0.2, -0.15) is 0 Å². The van der Waals surface area contributed by atoms with E-state index in [2.05, 4.69) is 5.32 Å². The summed E-state index contributed by atoms with van der Waals surface area (Å²) in [6.07, 6.45) is 1.62. The first kappa shape index (κ1) is 17.9. The first-order valence-corrected chi connectivity index (χ1v) is 8.37. The molecule has 2 aromatic carbocycles. The van der Waals surface area contributed by atoms with Gasteiger partial charge >= 0.3 is 0 Å². The molecule has 0 atom stereocenters. The quantitative estimate of drug-likeness (QED) is 0.820. The zero-order chi connectivity index (χ0) is 17.6. The average molecular weight is 323 g/mol. The monoisotopic (exact) mass is 323 g/mol. The fourth-order valence-corrected chi connectivity index (χ4v) is 2.31. The predicted octanol–water partition coefficient (Wildman–Crippen LogP) is 4.42. The van der Waals surface area contributed by atoms with E-state index in [0.717, 1.165) is 23.2 Å². The maximum absolute atomic E-state index is 12.3. The van der Waals surface area contributed by atoms with Crippen LogP contribution in [0.3, 0.4) is 0 Å². The molecule has 3 nitrogen and oxygen atoms in total. The third kappa shape index (κ3) is 5.05. The fourth-order valence-electron chi connectivity index (χ4n) is 2.31. The first-order chi connectivity index (χ1) is 11.4. The van der Waals surface area contributed by atoms with Gasteiger partial charge in [0.25, 0.3) is 0 Å². The van der Waals surface area contributed by atoms with Gasteiger partial charge in [-0.25, -0.2) is 0 Å². The van der Waals surface area contributed by atoms with Crippen molar-refractivity contribution in [1.29, 1.82) is 0 Å². The topological polar surface area (TPSA) is 46.2 Å². The highest BCUT2D eigenvalue weighted by Crippen LogP contribution is 2.23. The van der Waals surface area contributed by atoms with Gasteiger partial charge in [-0.15, -0.1) is 0 Å². The highest BCUT2D eigenvalue weighted by atomic mass is 16.1. The Balaban J connectivity index is 1.92. The molecule has 2 aromatic rings. The number of carbonyl (C=O) groups excluding carboxylic acids is 2. The van der Waals surface area contributed by atoms with E-state index in [1.54, 1.807) is 0 Å². The zero-order valence-corrected chi connectivity index (χ0v) is 14.6. The number of hydrogen-bond donors (Lipinski definition) is 1. The van der Waals surface area contributed by atoms with Crippen LogP contribution in [0.15, 0.2) is 54.6 Å². The molecule has 0 saturated heterocycles. The lowest BCUT2D eigenvalue weighted by atomic mass is 9.82. The van der Waals surface area contributed by atoms with Crippen molar-refractivity contribution in [2.75, 3.05) is 5.32 Å². The molecular formula is C21H25NO2. The van der Waals surface area contributed by atoms with Crippen LogP contribution in [0.4, 0.5) is 5.69 Å². The van der Waals surface area contributed by atoms with Crippen LogP contribution in [-0.2, 0) is 22.4 Å². The van der Waals surface area contributed by atoms with Gasteiger partial charge in [0, 0.05) is 17.5 Å². The van der Waals surface area contributed by atoms with Gasteiger partial charge in [0.1, 0.15) is 5.78 Å². The van der Waals surface area contributed by atoms with Crippen LogP contribution < -0.4 is 5.32 Å². The summed E-state index contributed by atoms with van der Waals surface area (Å²) < 4.78 is 0. The Morgan fingerprint density at radius 2 is 1.46 bits per heavy atom. The Morgan fingerprint density at radius 3 is 2.04 bits per heavy atom. The summed E-state index contributed by atoms with van der Waals surface area (Å²) in [6.45, 7) is 5.99. The SMILES string of the molecule is CCC(C)(C)C(=O)Cc1ccc(NC(=O)Cc2ccccc2)cc1. The van der Waals surface area contributed by atoms with Crippen LogP contribution in [0.25, 0.3) is 0 Å². The Kier molecular flexibility index (Phi) is 5.91. The van der Waals surface area contributed by atoms with Crippen LogP contribution in [-0.4, -0.2) is 11.7 Å². The van der Waals surface area contributed by atoms with Crippen molar-refractivity contribution < 1.29 is 9.59 Å². The lowest BCUT2D eigenvalue weighted by Gasteiger charge is -2.20. The maximum atomic E-state index is 12.3. The van der Waals surface area contributed by atoms with Crippen molar-refractivity contribution in [3.63, 3.8) is 0 Å². The number of ketones is 1. The highest BCUT2D eigenvalue weighted by molar-refractivity contribution is 5.92. The van der Waals surface area contributed by atoms with E-state index in [0.29, 0.717) is 12.8 Å². The molecule has 0 aliphatic carbocycles. The number of amides is 1. The molecule has 0 saturated carbocycles. The van der Waals surface area contributed by atoms with Crippen molar-refractivity contribution in [2.45, 2.75) is 40.0 Å². The van der Waals surface area contributed by atoms with E-state index in [-0.39, 0.29) is 17.1 Å².